The molecule has 2 aliphatic heterocycles. The number of hydrogen-bond acceptors (Lipinski definition) is 11. The van der Waals surface area contributed by atoms with E-state index in [4.69, 9.17) is 37.5 Å². The van der Waals surface area contributed by atoms with Crippen molar-refractivity contribution < 1.29 is 18.3 Å². The number of rotatable bonds is 6. The summed E-state index contributed by atoms with van der Waals surface area (Å²) in [5, 5.41) is 10.4. The van der Waals surface area contributed by atoms with Crippen LogP contribution >= 0.6 is 22.9 Å². The van der Waals surface area contributed by atoms with E-state index in [0.29, 0.717) is 18.2 Å². The maximum atomic E-state index is 17.2. The van der Waals surface area contributed by atoms with Gasteiger partial charge in [0.25, 0.3) is 0 Å². The van der Waals surface area contributed by atoms with Crippen LogP contribution in [0.25, 0.3) is 32.1 Å². The predicted octanol–water partition coefficient (Wildman–Crippen LogP) is 7.09. The van der Waals surface area contributed by atoms with E-state index in [9.17, 15) is 9.65 Å². The van der Waals surface area contributed by atoms with Gasteiger partial charge < -0.3 is 25.8 Å². The van der Waals surface area contributed by atoms with Gasteiger partial charge in [-0.05, 0) is 58.0 Å². The van der Waals surface area contributed by atoms with Crippen LogP contribution in [0, 0.1) is 23.0 Å². The number of ether oxygens (including phenoxy) is 2. The molecule has 1 fully saturated rings. The number of likely N-dealkylation sites (tertiary alicyclic amines) is 1. The predicted molar refractivity (Wildman–Crippen MR) is 185 cm³/mol. The van der Waals surface area contributed by atoms with E-state index >= 15 is 4.39 Å². The maximum absolute atomic E-state index is 17.2. The highest BCUT2D eigenvalue weighted by atomic mass is 35.5. The lowest BCUT2D eigenvalue weighted by Gasteiger charge is -2.42. The Labute approximate surface area is 284 Å². The fourth-order valence-electron chi connectivity index (χ4n) is 6.79. The summed E-state index contributed by atoms with van der Waals surface area (Å²) in [5.41, 5.74) is 12.9. The number of fused-ring (bicyclic) bond motifs is 1. The van der Waals surface area contributed by atoms with Gasteiger partial charge in [0.1, 0.15) is 47.3 Å². The zero-order chi connectivity index (χ0) is 33.9. The zero-order valence-electron chi connectivity index (χ0n) is 26.6. The summed E-state index contributed by atoms with van der Waals surface area (Å²) >= 11 is 7.96. The minimum atomic E-state index is -0.797. The Kier molecular flexibility index (Phi) is 8.14. The van der Waals surface area contributed by atoms with Gasteiger partial charge in [0.15, 0.2) is 11.6 Å². The Morgan fingerprint density at radius 3 is 2.75 bits per heavy atom. The molecule has 48 heavy (non-hydrogen) atoms. The second-order valence-corrected chi connectivity index (χ2v) is 13.9. The van der Waals surface area contributed by atoms with Gasteiger partial charge in [0.2, 0.25) is 0 Å². The van der Waals surface area contributed by atoms with Crippen LogP contribution in [0.5, 0.6) is 11.8 Å². The zero-order valence-corrected chi connectivity index (χ0v) is 28.2. The molecule has 0 aliphatic carbocycles. The molecule has 0 saturated carbocycles. The van der Waals surface area contributed by atoms with Crippen LogP contribution in [-0.4, -0.2) is 58.7 Å². The molecule has 2 atom stereocenters. The van der Waals surface area contributed by atoms with Crippen molar-refractivity contribution in [2.45, 2.75) is 44.7 Å². The minimum Gasteiger partial charge on any atom is -0.489 e. The van der Waals surface area contributed by atoms with Gasteiger partial charge in [0.05, 0.1) is 38.8 Å². The summed E-state index contributed by atoms with van der Waals surface area (Å²) in [6.07, 6.45) is 4.70. The molecule has 0 radical (unpaired) electrons. The molecule has 5 heterocycles. The van der Waals surface area contributed by atoms with Crippen LogP contribution in [0.1, 0.15) is 50.3 Å². The minimum absolute atomic E-state index is 0.0178. The van der Waals surface area contributed by atoms with Gasteiger partial charge in [-0.3, -0.25) is 4.90 Å². The van der Waals surface area contributed by atoms with Gasteiger partial charge >= 0.3 is 6.01 Å². The maximum Gasteiger partial charge on any atom is 0.319 e. The van der Waals surface area contributed by atoms with Crippen molar-refractivity contribution in [2.75, 3.05) is 49.7 Å². The molecule has 3 aromatic heterocycles. The summed E-state index contributed by atoms with van der Waals surface area (Å²) < 4.78 is 44.9. The third-order valence-electron chi connectivity index (χ3n) is 9.67. The van der Waals surface area contributed by atoms with Gasteiger partial charge in [0, 0.05) is 22.7 Å². The normalized spacial score (nSPS) is 18.8. The van der Waals surface area contributed by atoms with Gasteiger partial charge in [-0.25, -0.2) is 13.8 Å². The van der Waals surface area contributed by atoms with E-state index in [1.807, 2.05) is 24.0 Å². The van der Waals surface area contributed by atoms with E-state index < -0.39 is 11.6 Å². The van der Waals surface area contributed by atoms with Crippen LogP contribution in [0.2, 0.25) is 5.02 Å². The van der Waals surface area contributed by atoms with Crippen molar-refractivity contribution in [3.63, 3.8) is 0 Å². The molecule has 0 spiro atoms. The first-order chi connectivity index (χ1) is 23.0. The summed E-state index contributed by atoms with van der Waals surface area (Å²) in [6, 6.07) is 7.95. The number of piperidine rings is 1. The Balaban J connectivity index is 1.48. The molecule has 10 nitrogen and oxygen atoms in total. The lowest BCUT2D eigenvalue weighted by molar-refractivity contribution is 0.0388. The molecule has 0 unspecified atom stereocenters. The molecule has 2 aromatic carbocycles. The average molecular weight is 691 g/mol. The standard InChI is InChI=1S/C34H33ClF2N8O2S/c1-17(18-7-6-11-41-30(18)39)45-13-14-46-28-24-27(42-33(43-32(24)45)47-16-34(2)10-4-5-12-44(34)3)26(37)23(25(28)35)19-8-9-21(36)29-22(19)20(15-38)31(40)48-29/h6-9,11,17H,4-5,10,12-14,16,40H2,1-3H3,(H2,39,41)/t17-,34-/m1/s1. The lowest BCUT2D eigenvalue weighted by atomic mass is 9.90. The SMILES string of the molecule is C[C@H](c1cccnc1N)N1CCOc2c(Cl)c(-c3ccc(F)c4sc(N)c(C#N)c34)c(F)c3nc(OC[C@@]4(C)CCCCN4C)nc1c23. The number of benzene rings is 2. The van der Waals surface area contributed by atoms with Gasteiger partial charge in [-0.1, -0.05) is 30.2 Å². The second kappa shape index (κ2) is 12.2. The van der Waals surface area contributed by atoms with Gasteiger partial charge in [-0.2, -0.15) is 15.2 Å². The van der Waals surface area contributed by atoms with E-state index in [0.717, 1.165) is 42.7 Å². The van der Waals surface area contributed by atoms with Crippen molar-refractivity contribution in [3.05, 3.63) is 58.2 Å². The topological polar surface area (TPSA) is 139 Å². The molecule has 5 aromatic rings. The highest BCUT2D eigenvalue weighted by Crippen LogP contribution is 2.51. The van der Waals surface area contributed by atoms with Crippen LogP contribution in [-0.2, 0) is 0 Å². The van der Waals surface area contributed by atoms with E-state index in [-0.39, 0.29) is 84.3 Å². The summed E-state index contributed by atoms with van der Waals surface area (Å²) in [4.78, 5) is 18.0. The Bertz CT molecular complexity index is 2140. The van der Waals surface area contributed by atoms with Crippen molar-refractivity contribution in [1.29, 1.82) is 5.26 Å². The number of pyridine rings is 1. The lowest BCUT2D eigenvalue weighted by Crippen LogP contribution is -2.51. The van der Waals surface area contributed by atoms with E-state index in [2.05, 4.69) is 28.8 Å². The smallest absolute Gasteiger partial charge is 0.319 e. The number of hydrogen-bond donors (Lipinski definition) is 2. The number of nitrogen functional groups attached to an aromatic ring is 2. The number of halogens is 3. The first-order valence-corrected chi connectivity index (χ1v) is 16.8. The number of aromatic nitrogens is 3. The number of nitrogens with two attached hydrogens (primary N) is 2. The van der Waals surface area contributed by atoms with Gasteiger partial charge in [-0.15, -0.1) is 11.3 Å². The summed E-state index contributed by atoms with van der Waals surface area (Å²) in [7, 11) is 2.06. The molecule has 4 N–H and O–H groups in total. The first-order valence-electron chi connectivity index (χ1n) is 15.6. The van der Waals surface area contributed by atoms with Crippen molar-refractivity contribution in [1.82, 2.24) is 19.9 Å². The number of anilines is 3. The quantitative estimate of drug-likeness (QED) is 0.190. The number of thiophene rings is 1. The van der Waals surface area contributed by atoms with Crippen molar-refractivity contribution in [2.24, 2.45) is 0 Å². The Morgan fingerprint density at radius 1 is 1.19 bits per heavy atom. The largest absolute Gasteiger partial charge is 0.489 e. The fourth-order valence-corrected chi connectivity index (χ4v) is 8.07. The van der Waals surface area contributed by atoms with Crippen LogP contribution in [0.15, 0.2) is 30.5 Å². The number of likely N-dealkylation sites (N-methyl/N-ethyl adjacent to an activating group) is 1. The number of nitrogens with zero attached hydrogens (tertiary/aromatic N) is 6. The molecule has 14 heteroatoms. The molecule has 248 valence electrons. The molecule has 2 aliphatic rings. The Hall–Kier alpha value is -4.51. The average Bonchev–Trinajstić information content (AvgIpc) is 3.30. The molecule has 0 amide bonds. The second-order valence-electron chi connectivity index (χ2n) is 12.5. The molecule has 7 rings (SSSR count). The highest BCUT2D eigenvalue weighted by molar-refractivity contribution is 7.23. The molecule has 1 saturated heterocycles. The molecular weight excluding hydrogens is 658 g/mol. The van der Waals surface area contributed by atoms with Crippen molar-refractivity contribution in [3.8, 4) is 29.0 Å². The highest BCUT2D eigenvalue weighted by Gasteiger charge is 2.36. The number of nitriles is 1. The summed E-state index contributed by atoms with van der Waals surface area (Å²) in [5.74, 6) is -0.506. The molecule has 0 bridgehead atoms. The third kappa shape index (κ3) is 5.10. The van der Waals surface area contributed by atoms with Crippen LogP contribution < -0.4 is 25.8 Å². The Morgan fingerprint density at radius 2 is 2.00 bits per heavy atom. The summed E-state index contributed by atoms with van der Waals surface area (Å²) in [6.45, 7) is 5.80. The van der Waals surface area contributed by atoms with Crippen molar-refractivity contribution >= 4 is 60.6 Å². The molecular formula is C34H33ClF2N8O2S. The van der Waals surface area contributed by atoms with Crippen LogP contribution in [0.4, 0.5) is 25.4 Å². The third-order valence-corrected chi connectivity index (χ3v) is 11.1. The van der Waals surface area contributed by atoms with E-state index in [1.54, 1.807) is 12.3 Å². The van der Waals surface area contributed by atoms with Crippen LogP contribution in [0.3, 0.4) is 0 Å². The van der Waals surface area contributed by atoms with E-state index in [1.165, 1.54) is 12.1 Å². The first kappa shape index (κ1) is 32.1. The fraction of sp³-hybridized carbons (Fsp3) is 0.353. The monoisotopic (exact) mass is 690 g/mol.